The molecule has 1 aliphatic rings. The molecule has 5 heteroatoms. The highest BCUT2D eigenvalue weighted by atomic mass is 35.5. The highest BCUT2D eigenvalue weighted by Gasteiger charge is 2.24. The van der Waals surface area contributed by atoms with Crippen molar-refractivity contribution in [2.45, 2.75) is 26.2 Å². The molecule has 19 heavy (non-hydrogen) atoms. The maximum absolute atomic E-state index is 11.6. The molecule has 0 saturated heterocycles. The normalized spacial score (nSPS) is 21.7. The number of Topliss-reactive ketones (excluding diaryl/α,β-unsaturated/α-hetero) is 1. The predicted molar refractivity (Wildman–Crippen MR) is 73.5 cm³/mol. The monoisotopic (exact) mass is 279 g/mol. The van der Waals surface area contributed by atoms with E-state index in [1.54, 1.807) is 0 Å². The lowest BCUT2D eigenvalue weighted by Gasteiger charge is -2.19. The van der Waals surface area contributed by atoms with Crippen LogP contribution in [-0.4, -0.2) is 22.6 Å². The van der Waals surface area contributed by atoms with Gasteiger partial charge in [0.2, 0.25) is 0 Å². The Labute approximate surface area is 116 Å². The zero-order valence-electron chi connectivity index (χ0n) is 10.5. The van der Waals surface area contributed by atoms with Crippen molar-refractivity contribution in [3.8, 4) is 0 Å². The van der Waals surface area contributed by atoms with Gasteiger partial charge in [0.25, 0.3) is 0 Å². The molecule has 100 valence electrons. The molecule has 1 unspecified atom stereocenters. The van der Waals surface area contributed by atoms with Gasteiger partial charge in [-0.2, -0.15) is 0 Å². The summed E-state index contributed by atoms with van der Waals surface area (Å²) in [5, 5.41) is 9.35. The molecule has 0 aliphatic heterocycles. The number of carbonyl (C=O) groups is 2. The SMILES string of the molecule is CC1C(=O)CCCC1=Nc1cc(C(=O)O)ccc1Cl. The zero-order valence-corrected chi connectivity index (χ0v) is 11.3. The Morgan fingerprint density at radius 2 is 2.16 bits per heavy atom. The number of carboxylic acid groups (broad SMARTS) is 1. The largest absolute Gasteiger partial charge is 0.478 e. The van der Waals surface area contributed by atoms with Crippen molar-refractivity contribution in [2.24, 2.45) is 10.9 Å². The highest BCUT2D eigenvalue weighted by Crippen LogP contribution is 2.29. The first kappa shape index (κ1) is 13.7. The van der Waals surface area contributed by atoms with Crippen molar-refractivity contribution in [1.82, 2.24) is 0 Å². The van der Waals surface area contributed by atoms with Crippen LogP contribution in [0.5, 0.6) is 0 Å². The topological polar surface area (TPSA) is 66.7 Å². The van der Waals surface area contributed by atoms with E-state index in [9.17, 15) is 9.59 Å². The van der Waals surface area contributed by atoms with E-state index >= 15 is 0 Å². The number of rotatable bonds is 2. The summed E-state index contributed by atoms with van der Waals surface area (Å²) in [7, 11) is 0. The number of halogens is 1. The number of aromatic carboxylic acids is 1. The van der Waals surface area contributed by atoms with Gasteiger partial charge in [0.05, 0.1) is 22.2 Å². The molecule has 0 aromatic heterocycles. The van der Waals surface area contributed by atoms with Crippen LogP contribution >= 0.6 is 11.6 Å². The van der Waals surface area contributed by atoms with E-state index in [2.05, 4.69) is 4.99 Å². The molecule has 0 bridgehead atoms. The average molecular weight is 280 g/mol. The third kappa shape index (κ3) is 3.01. The van der Waals surface area contributed by atoms with Gasteiger partial charge in [0, 0.05) is 12.1 Å². The van der Waals surface area contributed by atoms with Crippen LogP contribution in [0.2, 0.25) is 5.02 Å². The Balaban J connectivity index is 2.38. The van der Waals surface area contributed by atoms with Crippen LogP contribution in [-0.2, 0) is 4.79 Å². The molecule has 0 heterocycles. The van der Waals surface area contributed by atoms with Crippen molar-refractivity contribution < 1.29 is 14.7 Å². The summed E-state index contributed by atoms with van der Waals surface area (Å²) in [4.78, 5) is 27.0. The van der Waals surface area contributed by atoms with Crippen molar-refractivity contribution >= 4 is 34.8 Å². The molecule has 1 fully saturated rings. The van der Waals surface area contributed by atoms with E-state index in [-0.39, 0.29) is 17.3 Å². The van der Waals surface area contributed by atoms with E-state index < -0.39 is 5.97 Å². The van der Waals surface area contributed by atoms with Crippen LogP contribution in [0.1, 0.15) is 36.5 Å². The first-order valence-electron chi connectivity index (χ1n) is 6.12. The lowest BCUT2D eigenvalue weighted by Crippen LogP contribution is -2.25. The standard InChI is InChI=1S/C14H14ClNO3/c1-8-11(3-2-4-13(8)17)16-12-7-9(14(18)19)5-6-10(12)15/h5-8H,2-4H2,1H3,(H,18,19). The molecule has 0 radical (unpaired) electrons. The van der Waals surface area contributed by atoms with Crippen molar-refractivity contribution in [3.63, 3.8) is 0 Å². The number of hydrogen-bond donors (Lipinski definition) is 1. The Morgan fingerprint density at radius 3 is 2.84 bits per heavy atom. The Bertz CT molecular complexity index is 566. The smallest absolute Gasteiger partial charge is 0.335 e. The molecule has 1 N–H and O–H groups in total. The molecule has 0 spiro atoms. The third-order valence-corrected chi connectivity index (χ3v) is 3.62. The van der Waals surface area contributed by atoms with Gasteiger partial charge in [-0.15, -0.1) is 0 Å². The van der Waals surface area contributed by atoms with Crippen LogP contribution in [0.3, 0.4) is 0 Å². The number of nitrogens with zero attached hydrogens (tertiary/aromatic N) is 1. The lowest BCUT2D eigenvalue weighted by molar-refractivity contribution is -0.121. The summed E-state index contributed by atoms with van der Waals surface area (Å²) in [6.07, 6.45) is 2.13. The molecule has 1 aromatic carbocycles. The average Bonchev–Trinajstić information content (AvgIpc) is 2.37. The minimum atomic E-state index is -1.02. The third-order valence-electron chi connectivity index (χ3n) is 3.30. The number of aliphatic imine (C=N–C) groups is 1. The molecule has 1 aliphatic carbocycles. The molecular formula is C14H14ClNO3. The van der Waals surface area contributed by atoms with E-state index in [0.717, 1.165) is 18.6 Å². The zero-order chi connectivity index (χ0) is 14.0. The second kappa shape index (κ2) is 5.53. The Morgan fingerprint density at radius 1 is 1.42 bits per heavy atom. The van der Waals surface area contributed by atoms with Crippen molar-refractivity contribution in [3.05, 3.63) is 28.8 Å². The Kier molecular flexibility index (Phi) is 4.00. The summed E-state index contributed by atoms with van der Waals surface area (Å²) in [6.45, 7) is 1.83. The van der Waals surface area contributed by atoms with Gasteiger partial charge in [-0.3, -0.25) is 9.79 Å². The number of carbonyl (C=O) groups excluding carboxylic acids is 1. The number of benzene rings is 1. The van der Waals surface area contributed by atoms with E-state index in [1.165, 1.54) is 18.2 Å². The summed E-state index contributed by atoms with van der Waals surface area (Å²) < 4.78 is 0. The van der Waals surface area contributed by atoms with E-state index in [0.29, 0.717) is 17.1 Å². The number of hydrogen-bond acceptors (Lipinski definition) is 3. The maximum Gasteiger partial charge on any atom is 0.335 e. The second-order valence-electron chi connectivity index (χ2n) is 4.62. The van der Waals surface area contributed by atoms with E-state index in [1.807, 2.05) is 6.92 Å². The second-order valence-corrected chi connectivity index (χ2v) is 5.02. The highest BCUT2D eigenvalue weighted by molar-refractivity contribution is 6.33. The van der Waals surface area contributed by atoms with Gasteiger partial charge in [-0.1, -0.05) is 18.5 Å². The van der Waals surface area contributed by atoms with Crippen LogP contribution in [0.25, 0.3) is 0 Å². The summed E-state index contributed by atoms with van der Waals surface area (Å²) in [5.74, 6) is -1.06. The molecular weight excluding hydrogens is 266 g/mol. The van der Waals surface area contributed by atoms with Crippen molar-refractivity contribution in [1.29, 1.82) is 0 Å². The van der Waals surface area contributed by atoms with Crippen LogP contribution in [0.15, 0.2) is 23.2 Å². The fourth-order valence-electron chi connectivity index (χ4n) is 2.10. The van der Waals surface area contributed by atoms with Crippen LogP contribution in [0, 0.1) is 5.92 Å². The summed E-state index contributed by atoms with van der Waals surface area (Å²) in [5.41, 5.74) is 1.33. The summed E-state index contributed by atoms with van der Waals surface area (Å²) in [6, 6.07) is 4.38. The van der Waals surface area contributed by atoms with Gasteiger partial charge in [0.15, 0.2) is 0 Å². The Hall–Kier alpha value is -1.68. The molecule has 1 aromatic rings. The molecule has 4 nitrogen and oxygen atoms in total. The predicted octanol–water partition coefficient (Wildman–Crippen LogP) is 3.50. The fraction of sp³-hybridized carbons (Fsp3) is 0.357. The fourth-order valence-corrected chi connectivity index (χ4v) is 2.26. The summed E-state index contributed by atoms with van der Waals surface area (Å²) >= 11 is 6.02. The molecule has 2 rings (SSSR count). The van der Waals surface area contributed by atoms with E-state index in [4.69, 9.17) is 16.7 Å². The minimum Gasteiger partial charge on any atom is -0.478 e. The van der Waals surface area contributed by atoms with Crippen LogP contribution in [0.4, 0.5) is 5.69 Å². The molecule has 1 atom stereocenters. The first-order valence-corrected chi connectivity index (χ1v) is 6.50. The number of carboxylic acids is 1. The first-order chi connectivity index (χ1) is 8.99. The van der Waals surface area contributed by atoms with Gasteiger partial charge in [-0.25, -0.2) is 4.79 Å². The molecule has 0 amide bonds. The van der Waals surface area contributed by atoms with Gasteiger partial charge in [0.1, 0.15) is 5.78 Å². The quantitative estimate of drug-likeness (QED) is 0.901. The van der Waals surface area contributed by atoms with Crippen LogP contribution < -0.4 is 0 Å². The maximum atomic E-state index is 11.6. The van der Waals surface area contributed by atoms with Gasteiger partial charge < -0.3 is 5.11 Å². The number of ketones is 1. The minimum absolute atomic E-state index is 0.138. The van der Waals surface area contributed by atoms with Gasteiger partial charge >= 0.3 is 5.97 Å². The van der Waals surface area contributed by atoms with Gasteiger partial charge in [-0.05, 0) is 31.0 Å². The lowest BCUT2D eigenvalue weighted by atomic mass is 9.87. The van der Waals surface area contributed by atoms with Crippen molar-refractivity contribution in [2.75, 3.05) is 0 Å². The molecule has 1 saturated carbocycles.